The Morgan fingerprint density at radius 3 is 3.27 bits per heavy atom. The summed E-state index contributed by atoms with van der Waals surface area (Å²) in [4.78, 5) is 11.3. The van der Waals surface area contributed by atoms with E-state index in [0.717, 1.165) is 19.4 Å². The Morgan fingerprint density at radius 2 is 2.45 bits per heavy atom. The number of allylic oxidation sites excluding steroid dienone is 1. The average Bonchev–Trinajstić information content (AvgIpc) is 2.06. The predicted molar refractivity (Wildman–Crippen MR) is 41.2 cm³/mol. The molecule has 2 heteroatoms. The molecule has 2 atom stereocenters. The zero-order chi connectivity index (χ0) is 7.68. The van der Waals surface area contributed by atoms with Crippen molar-refractivity contribution in [1.29, 1.82) is 0 Å². The SMILES string of the molecule is O=C1CC=CC2OCCCC12. The van der Waals surface area contributed by atoms with Gasteiger partial charge >= 0.3 is 0 Å². The van der Waals surface area contributed by atoms with Crippen LogP contribution in [-0.4, -0.2) is 18.5 Å². The van der Waals surface area contributed by atoms with E-state index in [4.69, 9.17) is 4.74 Å². The molecule has 0 radical (unpaired) electrons. The van der Waals surface area contributed by atoms with Gasteiger partial charge in [-0.3, -0.25) is 4.79 Å². The highest BCUT2D eigenvalue weighted by molar-refractivity contribution is 5.84. The van der Waals surface area contributed by atoms with E-state index >= 15 is 0 Å². The summed E-state index contributed by atoms with van der Waals surface area (Å²) in [5.41, 5.74) is 0. The highest BCUT2D eigenvalue weighted by atomic mass is 16.5. The average molecular weight is 152 g/mol. The lowest BCUT2D eigenvalue weighted by Crippen LogP contribution is -2.35. The fourth-order valence-electron chi connectivity index (χ4n) is 1.81. The van der Waals surface area contributed by atoms with Crippen molar-refractivity contribution >= 4 is 5.78 Å². The normalized spacial score (nSPS) is 36.9. The maximum absolute atomic E-state index is 11.3. The van der Waals surface area contributed by atoms with Crippen molar-refractivity contribution in [2.75, 3.05) is 6.61 Å². The van der Waals surface area contributed by atoms with Crippen LogP contribution in [0.25, 0.3) is 0 Å². The van der Waals surface area contributed by atoms with E-state index in [1.165, 1.54) is 0 Å². The Labute approximate surface area is 66.2 Å². The third kappa shape index (κ3) is 1.23. The third-order valence-electron chi connectivity index (χ3n) is 2.42. The van der Waals surface area contributed by atoms with Gasteiger partial charge in [-0.15, -0.1) is 0 Å². The maximum atomic E-state index is 11.3. The second kappa shape index (κ2) is 2.78. The van der Waals surface area contributed by atoms with Crippen LogP contribution in [0, 0.1) is 5.92 Å². The third-order valence-corrected chi connectivity index (χ3v) is 2.42. The summed E-state index contributed by atoms with van der Waals surface area (Å²) in [7, 11) is 0. The lowest BCUT2D eigenvalue weighted by molar-refractivity contribution is -0.129. The van der Waals surface area contributed by atoms with E-state index < -0.39 is 0 Å². The summed E-state index contributed by atoms with van der Waals surface area (Å²) in [6, 6.07) is 0. The first-order chi connectivity index (χ1) is 5.38. The number of rotatable bonds is 0. The molecule has 1 aliphatic carbocycles. The predicted octanol–water partition coefficient (Wildman–Crippen LogP) is 1.31. The molecule has 60 valence electrons. The molecule has 1 saturated heterocycles. The molecule has 0 saturated carbocycles. The van der Waals surface area contributed by atoms with Gasteiger partial charge in [-0.1, -0.05) is 12.2 Å². The summed E-state index contributed by atoms with van der Waals surface area (Å²) >= 11 is 0. The number of fused-ring (bicyclic) bond motifs is 1. The number of hydrogen-bond acceptors (Lipinski definition) is 2. The molecule has 1 heterocycles. The standard InChI is InChI=1S/C9H12O2/c10-8-4-1-5-9-7(8)3-2-6-11-9/h1,5,7,9H,2-4,6H2. The topological polar surface area (TPSA) is 26.3 Å². The van der Waals surface area contributed by atoms with Crippen LogP contribution in [0.1, 0.15) is 19.3 Å². The Hall–Kier alpha value is -0.630. The zero-order valence-corrected chi connectivity index (χ0v) is 6.45. The minimum atomic E-state index is 0.102. The molecule has 0 aromatic rings. The number of Topliss-reactive ketones (excluding diaryl/α,β-unsaturated/α-hetero) is 1. The van der Waals surface area contributed by atoms with E-state index in [9.17, 15) is 4.79 Å². The number of hydrogen-bond donors (Lipinski definition) is 0. The second-order valence-electron chi connectivity index (χ2n) is 3.18. The van der Waals surface area contributed by atoms with Crippen LogP contribution in [0.15, 0.2) is 12.2 Å². The highest BCUT2D eigenvalue weighted by Gasteiger charge is 2.31. The summed E-state index contributed by atoms with van der Waals surface area (Å²) in [6.07, 6.45) is 6.74. The summed E-state index contributed by atoms with van der Waals surface area (Å²) in [5.74, 6) is 0.533. The maximum Gasteiger partial charge on any atom is 0.142 e. The van der Waals surface area contributed by atoms with Crippen molar-refractivity contribution in [3.8, 4) is 0 Å². The molecule has 2 nitrogen and oxygen atoms in total. The van der Waals surface area contributed by atoms with E-state index in [2.05, 4.69) is 0 Å². The number of carbonyl (C=O) groups excluding carboxylic acids is 1. The summed E-state index contributed by atoms with van der Waals surface area (Å²) in [5, 5.41) is 0. The first-order valence-corrected chi connectivity index (χ1v) is 4.19. The Morgan fingerprint density at radius 1 is 1.55 bits per heavy atom. The van der Waals surface area contributed by atoms with Crippen molar-refractivity contribution in [2.24, 2.45) is 5.92 Å². The Kier molecular flexibility index (Phi) is 1.78. The van der Waals surface area contributed by atoms with Crippen LogP contribution in [0.5, 0.6) is 0 Å². The fourth-order valence-corrected chi connectivity index (χ4v) is 1.81. The monoisotopic (exact) mass is 152 g/mol. The summed E-state index contributed by atoms with van der Waals surface area (Å²) < 4.78 is 5.44. The van der Waals surface area contributed by atoms with Gasteiger partial charge in [0.15, 0.2) is 0 Å². The summed E-state index contributed by atoms with van der Waals surface area (Å²) in [6.45, 7) is 0.818. The lowest BCUT2D eigenvalue weighted by atomic mass is 9.85. The highest BCUT2D eigenvalue weighted by Crippen LogP contribution is 2.26. The fraction of sp³-hybridized carbons (Fsp3) is 0.667. The van der Waals surface area contributed by atoms with Crippen molar-refractivity contribution in [3.63, 3.8) is 0 Å². The van der Waals surface area contributed by atoms with Gasteiger partial charge in [0.1, 0.15) is 5.78 Å². The quantitative estimate of drug-likeness (QED) is 0.489. The molecule has 0 amide bonds. The van der Waals surface area contributed by atoms with Crippen LogP contribution in [0.4, 0.5) is 0 Å². The molecule has 1 aliphatic heterocycles. The van der Waals surface area contributed by atoms with Crippen molar-refractivity contribution < 1.29 is 9.53 Å². The van der Waals surface area contributed by atoms with Gasteiger partial charge in [0.25, 0.3) is 0 Å². The molecule has 0 spiro atoms. The molecular formula is C9H12O2. The van der Waals surface area contributed by atoms with Crippen LogP contribution >= 0.6 is 0 Å². The van der Waals surface area contributed by atoms with Crippen molar-refractivity contribution in [2.45, 2.75) is 25.4 Å². The smallest absolute Gasteiger partial charge is 0.142 e. The molecule has 0 bridgehead atoms. The van der Waals surface area contributed by atoms with E-state index in [-0.39, 0.29) is 12.0 Å². The van der Waals surface area contributed by atoms with E-state index in [0.29, 0.717) is 12.2 Å². The van der Waals surface area contributed by atoms with Gasteiger partial charge in [0, 0.05) is 18.9 Å². The molecule has 2 rings (SSSR count). The number of ether oxygens (including phenoxy) is 1. The molecule has 0 aromatic carbocycles. The Bertz CT molecular complexity index is 196. The van der Waals surface area contributed by atoms with Crippen LogP contribution < -0.4 is 0 Å². The second-order valence-corrected chi connectivity index (χ2v) is 3.18. The zero-order valence-electron chi connectivity index (χ0n) is 6.45. The molecule has 1 fully saturated rings. The number of ketones is 1. The largest absolute Gasteiger partial charge is 0.373 e. The van der Waals surface area contributed by atoms with Crippen LogP contribution in [0.2, 0.25) is 0 Å². The van der Waals surface area contributed by atoms with Crippen LogP contribution in [0.3, 0.4) is 0 Å². The minimum absolute atomic E-state index is 0.102. The first-order valence-electron chi connectivity index (χ1n) is 4.19. The van der Waals surface area contributed by atoms with Gasteiger partial charge < -0.3 is 4.74 Å². The van der Waals surface area contributed by atoms with Gasteiger partial charge in [-0.2, -0.15) is 0 Å². The molecule has 2 unspecified atom stereocenters. The van der Waals surface area contributed by atoms with Gasteiger partial charge in [-0.25, -0.2) is 0 Å². The molecular weight excluding hydrogens is 140 g/mol. The van der Waals surface area contributed by atoms with Gasteiger partial charge in [0.05, 0.1) is 6.10 Å². The minimum Gasteiger partial charge on any atom is -0.373 e. The van der Waals surface area contributed by atoms with E-state index in [1.54, 1.807) is 0 Å². The van der Waals surface area contributed by atoms with Crippen LogP contribution in [-0.2, 0) is 9.53 Å². The molecule has 11 heavy (non-hydrogen) atoms. The Balaban J connectivity index is 2.15. The van der Waals surface area contributed by atoms with Gasteiger partial charge in [-0.05, 0) is 12.8 Å². The molecule has 0 aromatic heterocycles. The first kappa shape index (κ1) is 7.04. The van der Waals surface area contributed by atoms with Crippen molar-refractivity contribution in [1.82, 2.24) is 0 Å². The molecule has 0 N–H and O–H groups in total. The number of carbonyl (C=O) groups is 1. The van der Waals surface area contributed by atoms with Crippen molar-refractivity contribution in [3.05, 3.63) is 12.2 Å². The lowest BCUT2D eigenvalue weighted by Gasteiger charge is -2.30. The van der Waals surface area contributed by atoms with Gasteiger partial charge in [0.2, 0.25) is 0 Å². The van der Waals surface area contributed by atoms with E-state index in [1.807, 2.05) is 12.2 Å². The molecule has 2 aliphatic rings.